The van der Waals surface area contributed by atoms with Crippen LogP contribution < -0.4 is 0 Å². The van der Waals surface area contributed by atoms with Crippen molar-refractivity contribution in [2.24, 2.45) is 11.8 Å². The molecule has 2 aromatic carbocycles. The van der Waals surface area contributed by atoms with Crippen molar-refractivity contribution in [3.63, 3.8) is 0 Å². The van der Waals surface area contributed by atoms with E-state index in [1.807, 2.05) is 0 Å². The molecule has 0 aliphatic heterocycles. The van der Waals surface area contributed by atoms with Crippen LogP contribution in [0.4, 0.5) is 0 Å². The van der Waals surface area contributed by atoms with Crippen molar-refractivity contribution < 1.29 is 0 Å². The predicted octanol–water partition coefficient (Wildman–Crippen LogP) is 8.52. The summed E-state index contributed by atoms with van der Waals surface area (Å²) in [4.78, 5) is 0. The summed E-state index contributed by atoms with van der Waals surface area (Å²) >= 11 is 0. The molecule has 0 bridgehead atoms. The molecule has 1 saturated carbocycles. The molecule has 1 atom stereocenters. The van der Waals surface area contributed by atoms with Gasteiger partial charge in [-0.3, -0.25) is 0 Å². The fourth-order valence-corrected chi connectivity index (χ4v) is 5.26. The Hall–Kier alpha value is -1.56. The van der Waals surface area contributed by atoms with E-state index in [2.05, 4.69) is 69.3 Å². The normalized spacial score (nSPS) is 20.5. The van der Waals surface area contributed by atoms with Gasteiger partial charge in [0.1, 0.15) is 0 Å². The van der Waals surface area contributed by atoms with Crippen molar-refractivity contribution >= 4 is 0 Å². The summed E-state index contributed by atoms with van der Waals surface area (Å²) in [7, 11) is 0. The zero-order valence-electron chi connectivity index (χ0n) is 19.1. The van der Waals surface area contributed by atoms with Gasteiger partial charge in [-0.1, -0.05) is 114 Å². The maximum absolute atomic E-state index is 2.44. The quantitative estimate of drug-likeness (QED) is 0.381. The average molecular weight is 391 g/mol. The van der Waals surface area contributed by atoms with Crippen LogP contribution in [-0.4, -0.2) is 0 Å². The summed E-state index contributed by atoms with van der Waals surface area (Å²) in [6.45, 7) is 7.02. The molecule has 0 radical (unpaired) electrons. The molecule has 29 heavy (non-hydrogen) atoms. The first kappa shape index (κ1) is 22.1. The van der Waals surface area contributed by atoms with Crippen LogP contribution in [0.3, 0.4) is 0 Å². The van der Waals surface area contributed by atoms with Crippen LogP contribution >= 0.6 is 0 Å². The van der Waals surface area contributed by atoms with Gasteiger partial charge < -0.3 is 0 Å². The van der Waals surface area contributed by atoms with E-state index in [1.165, 1.54) is 80.0 Å². The second kappa shape index (κ2) is 11.6. The van der Waals surface area contributed by atoms with Crippen LogP contribution in [0.1, 0.15) is 100 Å². The van der Waals surface area contributed by atoms with Gasteiger partial charge in [0.05, 0.1) is 0 Å². The van der Waals surface area contributed by atoms with Gasteiger partial charge in [-0.2, -0.15) is 0 Å². The lowest BCUT2D eigenvalue weighted by Crippen LogP contribution is -2.16. The lowest BCUT2D eigenvalue weighted by atomic mass is 9.76. The van der Waals surface area contributed by atoms with Gasteiger partial charge in [0.15, 0.2) is 0 Å². The van der Waals surface area contributed by atoms with Gasteiger partial charge in [-0.15, -0.1) is 0 Å². The third-order valence-corrected chi connectivity index (χ3v) is 7.16. The van der Waals surface area contributed by atoms with Crippen LogP contribution in [0.5, 0.6) is 0 Å². The SMILES string of the molecule is CCCc1ccc(CCc2ccc([C@H](C)CC3CCC(CCC)CC3)cc2)cc1. The molecular weight excluding hydrogens is 348 g/mol. The van der Waals surface area contributed by atoms with Gasteiger partial charge >= 0.3 is 0 Å². The van der Waals surface area contributed by atoms with Crippen molar-refractivity contribution in [3.8, 4) is 0 Å². The molecule has 3 rings (SSSR count). The van der Waals surface area contributed by atoms with E-state index in [1.54, 1.807) is 0 Å². The Morgan fingerprint density at radius 1 is 0.655 bits per heavy atom. The maximum Gasteiger partial charge on any atom is -0.0188 e. The molecule has 0 spiro atoms. The lowest BCUT2D eigenvalue weighted by molar-refractivity contribution is 0.244. The minimum atomic E-state index is 0.697. The first-order valence-electron chi connectivity index (χ1n) is 12.3. The molecule has 0 heteroatoms. The Morgan fingerprint density at radius 2 is 1.14 bits per heavy atom. The van der Waals surface area contributed by atoms with Crippen LogP contribution in [0.25, 0.3) is 0 Å². The molecule has 0 amide bonds. The van der Waals surface area contributed by atoms with E-state index < -0.39 is 0 Å². The van der Waals surface area contributed by atoms with Crippen molar-refractivity contribution in [1.82, 2.24) is 0 Å². The largest absolute Gasteiger partial charge is 0.0654 e. The topological polar surface area (TPSA) is 0 Å². The lowest BCUT2D eigenvalue weighted by Gasteiger charge is -2.30. The summed E-state index contributed by atoms with van der Waals surface area (Å²) in [5.74, 6) is 2.67. The highest BCUT2D eigenvalue weighted by Gasteiger charge is 2.22. The smallest absolute Gasteiger partial charge is 0.0188 e. The highest BCUT2D eigenvalue weighted by atomic mass is 14.3. The number of benzene rings is 2. The molecule has 0 unspecified atom stereocenters. The standard InChI is InChI=1S/C29H42/c1-4-6-24-8-10-26(11-9-24)12-13-27-18-20-29(21-19-27)23(3)22-28-16-14-25(7-5-2)15-17-28/h8-11,18-21,23,25,28H,4-7,12-17,22H2,1-3H3/t23-,25?,28?/m1/s1. The summed E-state index contributed by atoms with van der Waals surface area (Å²) in [6.07, 6.45) is 14.8. The van der Waals surface area contributed by atoms with E-state index in [9.17, 15) is 0 Å². The zero-order chi connectivity index (χ0) is 20.5. The summed E-state index contributed by atoms with van der Waals surface area (Å²) in [6, 6.07) is 18.8. The summed E-state index contributed by atoms with van der Waals surface area (Å²) < 4.78 is 0. The highest BCUT2D eigenvalue weighted by molar-refractivity contribution is 5.27. The fraction of sp³-hybridized carbons (Fsp3) is 0.586. The van der Waals surface area contributed by atoms with E-state index in [0.717, 1.165) is 24.7 Å². The minimum absolute atomic E-state index is 0.697. The van der Waals surface area contributed by atoms with Crippen molar-refractivity contribution in [1.29, 1.82) is 0 Å². The predicted molar refractivity (Wildman–Crippen MR) is 128 cm³/mol. The molecule has 0 heterocycles. The van der Waals surface area contributed by atoms with Gasteiger partial charge in [-0.25, -0.2) is 0 Å². The molecule has 158 valence electrons. The van der Waals surface area contributed by atoms with Crippen molar-refractivity contribution in [2.45, 2.75) is 97.3 Å². The number of rotatable bonds is 10. The van der Waals surface area contributed by atoms with Gasteiger partial charge in [-0.05, 0) is 65.7 Å². The van der Waals surface area contributed by atoms with Crippen molar-refractivity contribution in [3.05, 3.63) is 70.8 Å². The Kier molecular flexibility index (Phi) is 8.84. The number of hydrogen-bond acceptors (Lipinski definition) is 0. The molecule has 0 saturated heterocycles. The third-order valence-electron chi connectivity index (χ3n) is 7.16. The maximum atomic E-state index is 2.44. The second-order valence-corrected chi connectivity index (χ2v) is 9.62. The Balaban J connectivity index is 1.44. The van der Waals surface area contributed by atoms with Crippen LogP contribution in [0.15, 0.2) is 48.5 Å². The van der Waals surface area contributed by atoms with Crippen molar-refractivity contribution in [2.75, 3.05) is 0 Å². The van der Waals surface area contributed by atoms with E-state index in [0.29, 0.717) is 5.92 Å². The second-order valence-electron chi connectivity index (χ2n) is 9.62. The first-order valence-corrected chi connectivity index (χ1v) is 12.3. The average Bonchev–Trinajstić information content (AvgIpc) is 2.75. The van der Waals surface area contributed by atoms with Gasteiger partial charge in [0, 0.05) is 0 Å². The molecule has 1 aliphatic rings. The summed E-state index contributed by atoms with van der Waals surface area (Å²) in [5, 5.41) is 0. The molecular formula is C29H42. The Labute approximate surface area is 180 Å². The zero-order valence-corrected chi connectivity index (χ0v) is 19.1. The third kappa shape index (κ3) is 7.02. The van der Waals surface area contributed by atoms with E-state index >= 15 is 0 Å². The van der Waals surface area contributed by atoms with Crippen LogP contribution in [-0.2, 0) is 19.3 Å². The first-order chi connectivity index (χ1) is 14.2. The van der Waals surface area contributed by atoms with Crippen LogP contribution in [0, 0.1) is 11.8 Å². The number of hydrogen-bond donors (Lipinski definition) is 0. The van der Waals surface area contributed by atoms with E-state index in [4.69, 9.17) is 0 Å². The molecule has 0 N–H and O–H groups in total. The molecule has 2 aromatic rings. The fourth-order valence-electron chi connectivity index (χ4n) is 5.26. The molecule has 1 aliphatic carbocycles. The van der Waals surface area contributed by atoms with Crippen LogP contribution in [0.2, 0.25) is 0 Å². The minimum Gasteiger partial charge on any atom is -0.0654 e. The summed E-state index contributed by atoms with van der Waals surface area (Å²) in [5.41, 5.74) is 5.93. The Morgan fingerprint density at radius 3 is 1.66 bits per heavy atom. The monoisotopic (exact) mass is 390 g/mol. The molecule has 1 fully saturated rings. The molecule has 0 aromatic heterocycles. The number of aryl methyl sites for hydroxylation is 3. The van der Waals surface area contributed by atoms with Gasteiger partial charge in [0.2, 0.25) is 0 Å². The van der Waals surface area contributed by atoms with E-state index in [-0.39, 0.29) is 0 Å². The Bertz CT molecular complexity index is 686. The highest BCUT2D eigenvalue weighted by Crippen LogP contribution is 2.36. The van der Waals surface area contributed by atoms with Gasteiger partial charge in [0.25, 0.3) is 0 Å². The molecule has 0 nitrogen and oxygen atoms in total.